The van der Waals surface area contributed by atoms with Gasteiger partial charge < -0.3 is 4.57 Å². The summed E-state index contributed by atoms with van der Waals surface area (Å²) < 4.78 is 2.32. The number of rotatable bonds is 0. The van der Waals surface area contributed by atoms with Crippen LogP contribution < -0.4 is 0 Å². The number of aromatic nitrogens is 1. The van der Waals surface area contributed by atoms with Crippen molar-refractivity contribution in [1.29, 1.82) is 0 Å². The van der Waals surface area contributed by atoms with E-state index in [1.165, 1.54) is 16.5 Å². The number of hydrogen-bond donors (Lipinski definition) is 0. The number of allylic oxidation sites excluding steroid dienone is 1. The Kier molecular flexibility index (Phi) is 3.08. The van der Waals surface area contributed by atoms with E-state index in [0.717, 1.165) is 12.3 Å². The highest BCUT2D eigenvalue weighted by Crippen LogP contribution is 2.26. The summed E-state index contributed by atoms with van der Waals surface area (Å²) in [6.45, 7) is 0.994. The van der Waals surface area contributed by atoms with Crippen molar-refractivity contribution in [3.63, 3.8) is 0 Å². The summed E-state index contributed by atoms with van der Waals surface area (Å²) in [5.41, 5.74) is 2.85. The summed E-state index contributed by atoms with van der Waals surface area (Å²) in [5, 5.41) is 3.56. The molecule has 1 aromatic heterocycles. The fourth-order valence-corrected chi connectivity index (χ4v) is 2.70. The molecule has 0 N–H and O–H groups in total. The average molecular weight is 238 g/mol. The van der Waals surface area contributed by atoms with E-state index in [-0.39, 0.29) is 12.4 Å². The molecule has 0 aliphatic carbocycles. The van der Waals surface area contributed by atoms with Crippen LogP contribution in [0.2, 0.25) is 0 Å². The van der Waals surface area contributed by atoms with E-state index in [0.29, 0.717) is 0 Å². The molecule has 0 amide bonds. The summed E-state index contributed by atoms with van der Waals surface area (Å²) in [5.74, 6) is 1.08. The quantitative estimate of drug-likeness (QED) is 0.674. The van der Waals surface area contributed by atoms with Gasteiger partial charge in [-0.2, -0.15) is 0 Å². The van der Waals surface area contributed by atoms with Gasteiger partial charge in [0.25, 0.3) is 0 Å². The van der Waals surface area contributed by atoms with Crippen molar-refractivity contribution in [1.82, 2.24) is 4.57 Å². The van der Waals surface area contributed by atoms with Gasteiger partial charge in [0.15, 0.2) is 0 Å². The Hall–Kier alpha value is -0.860. The highest BCUT2D eigenvalue weighted by molar-refractivity contribution is 8.01. The van der Waals surface area contributed by atoms with Gasteiger partial charge in [0.2, 0.25) is 0 Å². The maximum absolute atomic E-state index is 2.32. The molecule has 0 saturated carbocycles. The average Bonchev–Trinajstić information content (AvgIpc) is 2.57. The lowest BCUT2D eigenvalue weighted by molar-refractivity contribution is 0.860. The first kappa shape index (κ1) is 10.7. The molecule has 1 aliphatic heterocycles. The first-order valence-corrected chi connectivity index (χ1v) is 5.83. The smallest absolute Gasteiger partial charge is 0.0524 e. The molecule has 0 fully saturated rings. The molecule has 1 nitrogen and oxygen atoms in total. The Morgan fingerprint density at radius 3 is 3.07 bits per heavy atom. The molecule has 1 aliphatic rings. The van der Waals surface area contributed by atoms with E-state index in [9.17, 15) is 0 Å². The fraction of sp³-hybridized carbons (Fsp3) is 0.167. The van der Waals surface area contributed by atoms with E-state index in [4.69, 9.17) is 0 Å². The second kappa shape index (κ2) is 4.33. The molecule has 0 atom stereocenters. The van der Waals surface area contributed by atoms with E-state index in [2.05, 4.69) is 46.5 Å². The van der Waals surface area contributed by atoms with Crippen molar-refractivity contribution in [2.75, 3.05) is 0 Å². The van der Waals surface area contributed by atoms with Crippen molar-refractivity contribution in [3.8, 4) is 0 Å². The van der Waals surface area contributed by atoms with Crippen LogP contribution in [0.15, 0.2) is 41.9 Å². The zero-order valence-corrected chi connectivity index (χ0v) is 9.85. The Morgan fingerprint density at radius 1 is 1.20 bits per heavy atom. The van der Waals surface area contributed by atoms with E-state index in [1.54, 1.807) is 0 Å². The molecule has 78 valence electrons. The molecule has 3 heteroatoms. The molecule has 0 spiro atoms. The van der Waals surface area contributed by atoms with Gasteiger partial charge in [-0.25, -0.2) is 0 Å². The summed E-state index contributed by atoms with van der Waals surface area (Å²) in [4.78, 5) is 0. The van der Waals surface area contributed by atoms with Crippen LogP contribution in [0.5, 0.6) is 0 Å². The normalized spacial score (nSPS) is 14.4. The highest BCUT2D eigenvalue weighted by Gasteiger charge is 2.06. The molecule has 2 heterocycles. The molecule has 0 radical (unpaired) electrons. The summed E-state index contributed by atoms with van der Waals surface area (Å²) in [7, 11) is 0. The van der Waals surface area contributed by atoms with Crippen LogP contribution in [-0.4, -0.2) is 4.57 Å². The largest absolute Gasteiger partial charge is 0.343 e. The third kappa shape index (κ3) is 1.80. The van der Waals surface area contributed by atoms with Crippen LogP contribution in [-0.2, 0) is 12.3 Å². The predicted octanol–water partition coefficient (Wildman–Crippen LogP) is 3.82. The lowest BCUT2D eigenvalue weighted by Gasteiger charge is -2.09. The van der Waals surface area contributed by atoms with E-state index in [1.807, 2.05) is 11.8 Å². The van der Waals surface area contributed by atoms with Crippen LogP contribution in [0.3, 0.4) is 0 Å². The Labute approximate surface area is 99.6 Å². The molecule has 0 unspecified atom stereocenters. The van der Waals surface area contributed by atoms with Crippen LogP contribution in [0.4, 0.5) is 0 Å². The number of thioether (sulfide) groups is 1. The molecule has 0 saturated heterocycles. The van der Waals surface area contributed by atoms with Crippen molar-refractivity contribution in [3.05, 3.63) is 47.5 Å². The standard InChI is InChI=1S/C12H11NS.ClH/c1-3-10-5-7-13-6-2-8-14-9-11(4-1)12(10)13;/h1-5,7-8H,6,9H2;1H. The second-order valence-corrected chi connectivity index (χ2v) is 4.40. The number of nitrogens with zero attached hydrogens (tertiary/aromatic N) is 1. The predicted molar refractivity (Wildman–Crippen MR) is 69.6 cm³/mol. The Balaban J connectivity index is 0.000000853. The van der Waals surface area contributed by atoms with E-state index >= 15 is 0 Å². The third-order valence-electron chi connectivity index (χ3n) is 2.61. The first-order chi connectivity index (χ1) is 6.95. The topological polar surface area (TPSA) is 4.93 Å². The van der Waals surface area contributed by atoms with Gasteiger partial charge in [0.1, 0.15) is 0 Å². The van der Waals surface area contributed by atoms with Gasteiger partial charge in [0, 0.05) is 18.5 Å². The number of hydrogen-bond acceptors (Lipinski definition) is 1. The number of para-hydroxylation sites is 1. The summed E-state index contributed by atoms with van der Waals surface area (Å²) in [6.07, 6.45) is 4.40. The maximum Gasteiger partial charge on any atom is 0.0524 e. The lowest BCUT2D eigenvalue weighted by Crippen LogP contribution is -1.97. The van der Waals surface area contributed by atoms with Gasteiger partial charge in [0.05, 0.1) is 5.52 Å². The maximum atomic E-state index is 2.32. The molecule has 2 aromatic rings. The SMILES string of the molecule is C1=CSCc2cccc3ccn(c23)C1.Cl. The van der Waals surface area contributed by atoms with Crippen molar-refractivity contribution < 1.29 is 0 Å². The Morgan fingerprint density at radius 2 is 2.13 bits per heavy atom. The van der Waals surface area contributed by atoms with Crippen molar-refractivity contribution >= 4 is 35.1 Å². The van der Waals surface area contributed by atoms with Crippen LogP contribution >= 0.6 is 24.2 Å². The first-order valence-electron chi connectivity index (χ1n) is 4.78. The lowest BCUT2D eigenvalue weighted by atomic mass is 10.2. The second-order valence-electron chi connectivity index (χ2n) is 3.51. The molecule has 1 aromatic carbocycles. The van der Waals surface area contributed by atoms with E-state index < -0.39 is 0 Å². The van der Waals surface area contributed by atoms with Crippen molar-refractivity contribution in [2.45, 2.75) is 12.3 Å². The van der Waals surface area contributed by atoms with Crippen LogP contribution in [0.25, 0.3) is 10.9 Å². The van der Waals surface area contributed by atoms with Gasteiger partial charge in [-0.15, -0.1) is 24.2 Å². The minimum atomic E-state index is 0. The van der Waals surface area contributed by atoms with Crippen LogP contribution in [0.1, 0.15) is 5.56 Å². The number of benzene rings is 1. The molecule has 3 rings (SSSR count). The van der Waals surface area contributed by atoms with Crippen LogP contribution in [0, 0.1) is 0 Å². The molecule has 15 heavy (non-hydrogen) atoms. The minimum absolute atomic E-state index is 0. The third-order valence-corrected chi connectivity index (χ3v) is 3.47. The molecular formula is C12H12ClNS. The van der Waals surface area contributed by atoms with Gasteiger partial charge in [-0.1, -0.05) is 24.3 Å². The monoisotopic (exact) mass is 237 g/mol. The zero-order chi connectivity index (χ0) is 9.38. The van der Waals surface area contributed by atoms with Gasteiger partial charge in [-0.3, -0.25) is 0 Å². The van der Waals surface area contributed by atoms with Gasteiger partial charge >= 0.3 is 0 Å². The van der Waals surface area contributed by atoms with Crippen molar-refractivity contribution in [2.24, 2.45) is 0 Å². The zero-order valence-electron chi connectivity index (χ0n) is 8.22. The molecule has 0 bridgehead atoms. The molecular weight excluding hydrogens is 226 g/mol. The number of halogens is 1. The minimum Gasteiger partial charge on any atom is -0.343 e. The summed E-state index contributed by atoms with van der Waals surface area (Å²) >= 11 is 1.88. The Bertz CT molecular complexity index is 501. The fourth-order valence-electron chi connectivity index (χ4n) is 1.97. The summed E-state index contributed by atoms with van der Waals surface area (Å²) in [6, 6.07) is 8.76. The highest BCUT2D eigenvalue weighted by atomic mass is 35.5. The van der Waals surface area contributed by atoms with Gasteiger partial charge in [-0.05, 0) is 22.4 Å².